The summed E-state index contributed by atoms with van der Waals surface area (Å²) in [6.45, 7) is 1.04. The molecule has 1 heterocycles. The van der Waals surface area contributed by atoms with Crippen LogP contribution in [-0.2, 0) is 19.3 Å². The highest BCUT2D eigenvalue weighted by molar-refractivity contribution is 5.26. The second kappa shape index (κ2) is 5.52. The van der Waals surface area contributed by atoms with Crippen molar-refractivity contribution < 1.29 is 13.2 Å². The molecule has 1 N–H and O–H groups in total. The zero-order valence-corrected chi connectivity index (χ0v) is 11.4. The quantitative estimate of drug-likeness (QED) is 0.918. The van der Waals surface area contributed by atoms with Crippen molar-refractivity contribution >= 4 is 0 Å². The zero-order chi connectivity index (χ0) is 14.9. The van der Waals surface area contributed by atoms with Gasteiger partial charge in [-0.3, -0.25) is 0 Å². The molecule has 0 amide bonds. The largest absolute Gasteiger partial charge is 0.416 e. The average molecular weight is 295 g/mol. The van der Waals surface area contributed by atoms with Crippen LogP contribution in [-0.4, -0.2) is 15.6 Å². The van der Waals surface area contributed by atoms with Crippen molar-refractivity contribution in [2.45, 2.75) is 38.1 Å². The maximum absolute atomic E-state index is 12.7. The number of nitrogens with one attached hydrogen (secondary N) is 1. The molecule has 0 radical (unpaired) electrons. The van der Waals surface area contributed by atoms with E-state index in [0.717, 1.165) is 11.9 Å². The molecule has 0 unspecified atom stereocenters. The number of aromatic nitrogens is 2. The van der Waals surface area contributed by atoms with Crippen molar-refractivity contribution in [2.24, 2.45) is 0 Å². The van der Waals surface area contributed by atoms with Crippen molar-refractivity contribution in [3.63, 3.8) is 0 Å². The molecule has 6 heteroatoms. The molecule has 112 valence electrons. The summed E-state index contributed by atoms with van der Waals surface area (Å²) in [6.07, 6.45) is 1.55. The number of hydrogen-bond acceptors (Lipinski definition) is 2. The highest BCUT2D eigenvalue weighted by Crippen LogP contribution is 2.29. The van der Waals surface area contributed by atoms with Crippen molar-refractivity contribution in [3.8, 4) is 0 Å². The van der Waals surface area contributed by atoms with Crippen molar-refractivity contribution in [1.82, 2.24) is 14.9 Å². The molecule has 2 aromatic rings. The Morgan fingerprint density at radius 1 is 1.29 bits per heavy atom. The third-order valence-corrected chi connectivity index (χ3v) is 3.54. The Kier molecular flexibility index (Phi) is 3.71. The minimum absolute atomic E-state index is 0.394. The van der Waals surface area contributed by atoms with Gasteiger partial charge in [-0.1, -0.05) is 12.1 Å². The SMILES string of the molecule is FC(F)(F)c1cccc(Cn2ccnc2CNC2CC2)c1. The molecule has 0 spiro atoms. The molecule has 21 heavy (non-hydrogen) atoms. The maximum Gasteiger partial charge on any atom is 0.416 e. The monoisotopic (exact) mass is 295 g/mol. The van der Waals surface area contributed by atoms with E-state index >= 15 is 0 Å². The van der Waals surface area contributed by atoms with Gasteiger partial charge in [0.2, 0.25) is 0 Å². The average Bonchev–Trinajstić information content (AvgIpc) is 3.17. The Balaban J connectivity index is 1.72. The van der Waals surface area contributed by atoms with Crippen LogP contribution in [0.1, 0.15) is 29.8 Å². The lowest BCUT2D eigenvalue weighted by atomic mass is 10.1. The van der Waals surface area contributed by atoms with E-state index < -0.39 is 11.7 Å². The molecule has 1 aromatic heterocycles. The van der Waals surface area contributed by atoms with E-state index in [0.29, 0.717) is 24.7 Å². The number of nitrogens with zero attached hydrogens (tertiary/aromatic N) is 2. The number of rotatable bonds is 5. The first-order valence-electron chi connectivity index (χ1n) is 6.92. The van der Waals surface area contributed by atoms with Crippen molar-refractivity contribution in [2.75, 3.05) is 0 Å². The number of hydrogen-bond donors (Lipinski definition) is 1. The number of benzene rings is 1. The molecule has 3 rings (SSSR count). The Morgan fingerprint density at radius 3 is 2.81 bits per heavy atom. The zero-order valence-electron chi connectivity index (χ0n) is 11.4. The van der Waals surface area contributed by atoms with Crippen molar-refractivity contribution in [3.05, 3.63) is 53.6 Å². The van der Waals surface area contributed by atoms with Gasteiger partial charge < -0.3 is 9.88 Å². The van der Waals surface area contributed by atoms with E-state index in [1.165, 1.54) is 25.0 Å². The molecule has 1 saturated carbocycles. The van der Waals surface area contributed by atoms with Gasteiger partial charge in [0.25, 0.3) is 0 Å². The lowest BCUT2D eigenvalue weighted by molar-refractivity contribution is -0.137. The number of halogens is 3. The Morgan fingerprint density at radius 2 is 2.10 bits per heavy atom. The fourth-order valence-corrected chi connectivity index (χ4v) is 2.22. The van der Waals surface area contributed by atoms with Gasteiger partial charge in [0.15, 0.2) is 0 Å². The molecule has 3 nitrogen and oxygen atoms in total. The van der Waals surface area contributed by atoms with Gasteiger partial charge in [-0.05, 0) is 30.5 Å². The minimum Gasteiger partial charge on any atom is -0.329 e. The summed E-state index contributed by atoms with van der Waals surface area (Å²) in [5.74, 6) is 0.847. The van der Waals surface area contributed by atoms with Gasteiger partial charge >= 0.3 is 6.18 Å². The van der Waals surface area contributed by atoms with Crippen LogP contribution in [0.4, 0.5) is 13.2 Å². The first-order chi connectivity index (χ1) is 10.0. The fourth-order valence-electron chi connectivity index (χ4n) is 2.22. The summed E-state index contributed by atoms with van der Waals surface area (Å²) in [5, 5.41) is 3.36. The normalized spacial score (nSPS) is 15.4. The maximum atomic E-state index is 12.7. The second-order valence-corrected chi connectivity index (χ2v) is 5.32. The van der Waals surface area contributed by atoms with E-state index in [1.54, 1.807) is 18.5 Å². The summed E-state index contributed by atoms with van der Waals surface area (Å²) in [6, 6.07) is 6.00. The first kappa shape index (κ1) is 14.1. The minimum atomic E-state index is -4.30. The van der Waals surface area contributed by atoms with Crippen LogP contribution in [0.3, 0.4) is 0 Å². The van der Waals surface area contributed by atoms with Crippen LogP contribution in [0.25, 0.3) is 0 Å². The van der Waals surface area contributed by atoms with E-state index in [9.17, 15) is 13.2 Å². The van der Waals surface area contributed by atoms with E-state index in [4.69, 9.17) is 0 Å². The first-order valence-corrected chi connectivity index (χ1v) is 6.92. The van der Waals surface area contributed by atoms with E-state index in [-0.39, 0.29) is 0 Å². The molecule has 0 bridgehead atoms. The third-order valence-electron chi connectivity index (χ3n) is 3.54. The van der Waals surface area contributed by atoms with Crippen LogP contribution in [0.15, 0.2) is 36.7 Å². The Bertz CT molecular complexity index is 615. The molecular weight excluding hydrogens is 279 g/mol. The topological polar surface area (TPSA) is 29.9 Å². The number of imidazole rings is 1. The molecule has 1 fully saturated rings. The lowest BCUT2D eigenvalue weighted by Crippen LogP contribution is -2.19. The Labute approximate surface area is 120 Å². The molecule has 0 saturated heterocycles. The van der Waals surface area contributed by atoms with E-state index in [1.807, 2.05) is 4.57 Å². The summed E-state index contributed by atoms with van der Waals surface area (Å²) in [4.78, 5) is 4.26. The van der Waals surface area contributed by atoms with Crippen molar-refractivity contribution in [1.29, 1.82) is 0 Å². The smallest absolute Gasteiger partial charge is 0.329 e. The second-order valence-electron chi connectivity index (χ2n) is 5.32. The molecule has 1 aliphatic carbocycles. The van der Waals surface area contributed by atoms with Crippen LogP contribution in [0.5, 0.6) is 0 Å². The predicted octanol–water partition coefficient (Wildman–Crippen LogP) is 3.20. The van der Waals surface area contributed by atoms with Gasteiger partial charge in [-0.25, -0.2) is 4.98 Å². The predicted molar refractivity (Wildman–Crippen MR) is 72.6 cm³/mol. The van der Waals surface area contributed by atoms with Crippen LogP contribution < -0.4 is 5.32 Å². The van der Waals surface area contributed by atoms with Crippen LogP contribution in [0, 0.1) is 0 Å². The lowest BCUT2D eigenvalue weighted by Gasteiger charge is -2.11. The fraction of sp³-hybridized carbons (Fsp3) is 0.400. The van der Waals surface area contributed by atoms with Gasteiger partial charge in [0.05, 0.1) is 12.1 Å². The highest BCUT2D eigenvalue weighted by atomic mass is 19.4. The summed E-state index contributed by atoms with van der Waals surface area (Å²) in [5.41, 5.74) is 0.00766. The molecule has 1 aromatic carbocycles. The van der Waals surface area contributed by atoms with Gasteiger partial charge in [0.1, 0.15) is 5.82 Å². The summed E-state index contributed by atoms with van der Waals surface area (Å²) >= 11 is 0. The van der Waals surface area contributed by atoms with Gasteiger partial charge in [-0.15, -0.1) is 0 Å². The molecular formula is C15H16F3N3. The molecule has 0 atom stereocenters. The molecule has 1 aliphatic rings. The van der Waals surface area contributed by atoms with Crippen LogP contribution in [0.2, 0.25) is 0 Å². The third kappa shape index (κ3) is 3.64. The number of alkyl halides is 3. The standard InChI is InChI=1S/C15H16F3N3/c16-15(17,18)12-3-1-2-11(8-12)10-21-7-6-19-14(21)9-20-13-4-5-13/h1-3,6-8,13,20H,4-5,9-10H2. The molecule has 0 aliphatic heterocycles. The summed E-state index contributed by atoms with van der Waals surface area (Å²) in [7, 11) is 0. The van der Waals surface area contributed by atoms with Gasteiger partial charge in [-0.2, -0.15) is 13.2 Å². The highest BCUT2D eigenvalue weighted by Gasteiger charge is 2.30. The van der Waals surface area contributed by atoms with Gasteiger partial charge in [0, 0.05) is 25.0 Å². The van der Waals surface area contributed by atoms with Crippen LogP contribution >= 0.6 is 0 Å². The summed E-state index contributed by atoms with van der Waals surface area (Å²) < 4.78 is 40.0. The van der Waals surface area contributed by atoms with E-state index in [2.05, 4.69) is 10.3 Å². The Hall–Kier alpha value is -1.82.